The second-order valence-electron chi connectivity index (χ2n) is 4.64. The lowest BCUT2D eigenvalue weighted by atomic mass is 10.1. The van der Waals surface area contributed by atoms with Gasteiger partial charge in [0.05, 0.1) is 6.61 Å². The molecule has 18 heavy (non-hydrogen) atoms. The normalized spacial score (nSPS) is 16.7. The first kappa shape index (κ1) is 13.6. The Labute approximate surface area is 117 Å². The van der Waals surface area contributed by atoms with Gasteiger partial charge < -0.3 is 10.5 Å². The van der Waals surface area contributed by atoms with Crippen molar-refractivity contribution in [3.05, 3.63) is 39.9 Å². The van der Waals surface area contributed by atoms with E-state index in [1.54, 1.807) is 7.11 Å². The molecule has 1 aromatic rings. The van der Waals surface area contributed by atoms with Crippen LogP contribution in [0, 0.1) is 0 Å². The summed E-state index contributed by atoms with van der Waals surface area (Å²) >= 11 is 3.42. The Morgan fingerprint density at radius 3 is 2.89 bits per heavy atom. The minimum Gasteiger partial charge on any atom is -0.398 e. The minimum atomic E-state index is 0.763. The predicted octanol–water partition coefficient (Wildman–Crippen LogP) is 2.81. The highest BCUT2D eigenvalue weighted by Gasteiger charge is 2.12. The van der Waals surface area contributed by atoms with Gasteiger partial charge in [-0.2, -0.15) is 0 Å². The monoisotopic (exact) mass is 310 g/mol. The largest absolute Gasteiger partial charge is 0.398 e. The van der Waals surface area contributed by atoms with E-state index in [1.165, 1.54) is 11.1 Å². The molecule has 0 aliphatic carbocycles. The molecule has 0 amide bonds. The molecule has 0 spiro atoms. The van der Waals surface area contributed by atoms with E-state index in [2.05, 4.69) is 33.0 Å². The van der Waals surface area contributed by atoms with Crippen LogP contribution in [0.4, 0.5) is 5.69 Å². The third-order valence-electron chi connectivity index (χ3n) is 3.18. The van der Waals surface area contributed by atoms with Crippen molar-refractivity contribution in [2.24, 2.45) is 0 Å². The fourth-order valence-electron chi connectivity index (χ4n) is 2.16. The van der Waals surface area contributed by atoms with Gasteiger partial charge >= 0.3 is 0 Å². The molecule has 0 radical (unpaired) electrons. The number of methoxy groups -OCH3 is 1. The van der Waals surface area contributed by atoms with Crippen molar-refractivity contribution in [3.8, 4) is 0 Å². The van der Waals surface area contributed by atoms with Crippen molar-refractivity contribution in [1.29, 1.82) is 0 Å². The van der Waals surface area contributed by atoms with Crippen LogP contribution in [0.3, 0.4) is 0 Å². The lowest BCUT2D eigenvalue weighted by molar-refractivity contribution is 0.210. The number of anilines is 1. The topological polar surface area (TPSA) is 38.5 Å². The summed E-state index contributed by atoms with van der Waals surface area (Å²) in [7, 11) is 1.75. The van der Waals surface area contributed by atoms with Crippen LogP contribution in [0.2, 0.25) is 0 Å². The van der Waals surface area contributed by atoms with Gasteiger partial charge in [0.2, 0.25) is 0 Å². The second kappa shape index (κ2) is 6.36. The number of hydrogen-bond acceptors (Lipinski definition) is 3. The Morgan fingerprint density at radius 2 is 2.28 bits per heavy atom. The van der Waals surface area contributed by atoms with E-state index in [9.17, 15) is 0 Å². The van der Waals surface area contributed by atoms with Gasteiger partial charge in [0.1, 0.15) is 0 Å². The Hall–Kier alpha value is -0.840. The first-order valence-electron chi connectivity index (χ1n) is 6.12. The molecule has 0 unspecified atom stereocenters. The first-order valence-corrected chi connectivity index (χ1v) is 6.91. The van der Waals surface area contributed by atoms with Gasteiger partial charge in [0, 0.05) is 36.9 Å². The third-order valence-corrected chi connectivity index (χ3v) is 3.91. The molecule has 3 nitrogen and oxygen atoms in total. The summed E-state index contributed by atoms with van der Waals surface area (Å²) in [6.07, 6.45) is 3.37. The van der Waals surface area contributed by atoms with Crippen LogP contribution in [0.15, 0.2) is 34.3 Å². The van der Waals surface area contributed by atoms with Crippen LogP contribution < -0.4 is 5.73 Å². The van der Waals surface area contributed by atoms with Crippen molar-refractivity contribution in [2.75, 3.05) is 32.5 Å². The Bertz CT molecular complexity index is 445. The standard InChI is InChI=1S/C14H19BrN2O/c1-18-10-11-4-6-17(7-5-11)9-12-2-3-13(15)14(16)8-12/h2-4,8H,5-7,9-10,16H2,1H3. The summed E-state index contributed by atoms with van der Waals surface area (Å²) < 4.78 is 6.12. The van der Waals surface area contributed by atoms with Crippen molar-refractivity contribution in [2.45, 2.75) is 13.0 Å². The highest BCUT2D eigenvalue weighted by molar-refractivity contribution is 9.10. The van der Waals surface area contributed by atoms with E-state index in [0.29, 0.717) is 0 Å². The SMILES string of the molecule is COCC1=CCN(Cc2ccc(Br)c(N)c2)CC1. The fourth-order valence-corrected chi connectivity index (χ4v) is 2.41. The van der Waals surface area contributed by atoms with E-state index < -0.39 is 0 Å². The molecule has 0 fully saturated rings. The van der Waals surface area contributed by atoms with Gasteiger partial charge in [-0.25, -0.2) is 0 Å². The lowest BCUT2D eigenvalue weighted by Crippen LogP contribution is -2.29. The van der Waals surface area contributed by atoms with Crippen molar-refractivity contribution in [3.63, 3.8) is 0 Å². The number of nitrogen functional groups attached to an aromatic ring is 1. The van der Waals surface area contributed by atoms with Gasteiger partial charge in [0.15, 0.2) is 0 Å². The maximum atomic E-state index is 5.89. The van der Waals surface area contributed by atoms with Crippen LogP contribution in [0.1, 0.15) is 12.0 Å². The van der Waals surface area contributed by atoms with Gasteiger partial charge in [0.25, 0.3) is 0 Å². The number of hydrogen-bond donors (Lipinski definition) is 1. The Kier molecular flexibility index (Phi) is 4.80. The number of nitrogens with zero attached hydrogens (tertiary/aromatic N) is 1. The molecular weight excluding hydrogens is 292 g/mol. The molecule has 0 saturated carbocycles. The predicted molar refractivity (Wildman–Crippen MR) is 78.4 cm³/mol. The summed E-state index contributed by atoms with van der Waals surface area (Å²) in [5, 5.41) is 0. The molecule has 1 aliphatic heterocycles. The number of ether oxygens (including phenoxy) is 1. The molecule has 2 N–H and O–H groups in total. The zero-order valence-electron chi connectivity index (χ0n) is 10.7. The number of nitrogens with two attached hydrogens (primary N) is 1. The number of halogens is 1. The molecule has 2 rings (SSSR count). The molecule has 1 heterocycles. The molecule has 0 saturated heterocycles. The molecule has 0 aromatic heterocycles. The van der Waals surface area contributed by atoms with Gasteiger partial charge in [-0.05, 0) is 45.6 Å². The van der Waals surface area contributed by atoms with Crippen molar-refractivity contribution < 1.29 is 4.74 Å². The van der Waals surface area contributed by atoms with Crippen LogP contribution in [-0.2, 0) is 11.3 Å². The highest BCUT2D eigenvalue weighted by atomic mass is 79.9. The molecule has 1 aliphatic rings. The zero-order valence-corrected chi connectivity index (χ0v) is 12.2. The van der Waals surface area contributed by atoms with Gasteiger partial charge in [-0.3, -0.25) is 4.90 Å². The lowest BCUT2D eigenvalue weighted by Gasteiger charge is -2.26. The zero-order chi connectivity index (χ0) is 13.0. The fraction of sp³-hybridized carbons (Fsp3) is 0.429. The Balaban J connectivity index is 1.93. The molecule has 4 heteroatoms. The van der Waals surface area contributed by atoms with Crippen LogP contribution in [0.5, 0.6) is 0 Å². The third kappa shape index (κ3) is 3.57. The first-order chi connectivity index (χ1) is 8.69. The average molecular weight is 311 g/mol. The highest BCUT2D eigenvalue weighted by Crippen LogP contribution is 2.22. The van der Waals surface area contributed by atoms with Crippen molar-refractivity contribution >= 4 is 21.6 Å². The van der Waals surface area contributed by atoms with E-state index in [1.807, 2.05) is 12.1 Å². The maximum absolute atomic E-state index is 5.89. The molecule has 0 bridgehead atoms. The minimum absolute atomic E-state index is 0.763. The smallest absolute Gasteiger partial charge is 0.0673 e. The average Bonchev–Trinajstić information content (AvgIpc) is 2.37. The van der Waals surface area contributed by atoms with Gasteiger partial charge in [-0.15, -0.1) is 0 Å². The molecule has 98 valence electrons. The maximum Gasteiger partial charge on any atom is 0.0673 e. The summed E-state index contributed by atoms with van der Waals surface area (Å²) in [6.45, 7) is 3.80. The summed E-state index contributed by atoms with van der Waals surface area (Å²) in [6, 6.07) is 6.17. The Morgan fingerprint density at radius 1 is 1.44 bits per heavy atom. The van der Waals surface area contributed by atoms with Gasteiger partial charge in [-0.1, -0.05) is 12.1 Å². The summed E-state index contributed by atoms with van der Waals surface area (Å²) in [5.41, 5.74) is 9.37. The van der Waals surface area contributed by atoms with E-state index >= 15 is 0 Å². The van der Waals surface area contributed by atoms with E-state index in [4.69, 9.17) is 10.5 Å². The van der Waals surface area contributed by atoms with Crippen LogP contribution in [-0.4, -0.2) is 31.7 Å². The van der Waals surface area contributed by atoms with Crippen molar-refractivity contribution in [1.82, 2.24) is 4.90 Å². The summed E-state index contributed by atoms with van der Waals surface area (Å²) in [4.78, 5) is 2.42. The summed E-state index contributed by atoms with van der Waals surface area (Å²) in [5.74, 6) is 0. The van der Waals surface area contributed by atoms with E-state index in [-0.39, 0.29) is 0 Å². The quantitative estimate of drug-likeness (QED) is 0.686. The molecular formula is C14H19BrN2O. The number of rotatable bonds is 4. The second-order valence-corrected chi connectivity index (χ2v) is 5.49. The van der Waals surface area contributed by atoms with Crippen LogP contribution in [0.25, 0.3) is 0 Å². The van der Waals surface area contributed by atoms with E-state index in [0.717, 1.165) is 42.8 Å². The number of benzene rings is 1. The molecule has 0 atom stereocenters. The molecule has 1 aromatic carbocycles. The van der Waals surface area contributed by atoms with Crippen LogP contribution >= 0.6 is 15.9 Å².